The third kappa shape index (κ3) is 3.30. The van der Waals surface area contributed by atoms with Gasteiger partial charge in [0.2, 0.25) is 0 Å². The van der Waals surface area contributed by atoms with Crippen LogP contribution in [0.25, 0.3) is 0 Å². The van der Waals surface area contributed by atoms with E-state index in [2.05, 4.69) is 11.9 Å². The lowest BCUT2D eigenvalue weighted by Crippen LogP contribution is -2.55. The Balaban J connectivity index is 1.93. The smallest absolute Gasteiger partial charge is 0.330 e. The van der Waals surface area contributed by atoms with Gasteiger partial charge in [-0.3, -0.25) is 0 Å². The highest BCUT2D eigenvalue weighted by atomic mass is 32.2. The van der Waals surface area contributed by atoms with Crippen LogP contribution in [-0.4, -0.2) is 24.8 Å². The van der Waals surface area contributed by atoms with Gasteiger partial charge in [0.15, 0.2) is 0 Å². The lowest BCUT2D eigenvalue weighted by Gasteiger charge is -2.37. The molecule has 0 unspecified atom stereocenters. The van der Waals surface area contributed by atoms with Gasteiger partial charge >= 0.3 is 6.03 Å². The molecule has 1 saturated heterocycles. The number of nitrogens with one attached hydrogen (secondary N) is 1. The highest BCUT2D eigenvalue weighted by Gasteiger charge is 2.40. The summed E-state index contributed by atoms with van der Waals surface area (Å²) in [4.78, 5) is 12.7. The molecule has 1 N–H and O–H groups in total. The van der Waals surface area contributed by atoms with Crippen LogP contribution >= 0.6 is 0 Å². The quantitative estimate of drug-likeness (QED) is 0.854. The molecule has 1 aliphatic heterocycles. The maximum Gasteiger partial charge on any atom is 0.332 e. The summed E-state index contributed by atoms with van der Waals surface area (Å²) in [6, 6.07) is 14.5. The molecule has 0 radical (unpaired) electrons. The topological polar surface area (TPSA) is 66.5 Å². The van der Waals surface area contributed by atoms with Crippen LogP contribution in [0.5, 0.6) is 0 Å². The molecule has 0 aliphatic carbocycles. The number of aryl methyl sites for hydroxylation is 1. The molecule has 1 fully saturated rings. The van der Waals surface area contributed by atoms with Crippen molar-refractivity contribution in [3.8, 4) is 0 Å². The van der Waals surface area contributed by atoms with Gasteiger partial charge in [-0.1, -0.05) is 54.1 Å². The number of rotatable bonds is 4. The first-order valence-electron chi connectivity index (χ1n) is 8.02. The summed E-state index contributed by atoms with van der Waals surface area (Å²) in [5, 5.41) is 2.79. The van der Waals surface area contributed by atoms with Crippen molar-refractivity contribution in [3.63, 3.8) is 0 Å². The second-order valence-electron chi connectivity index (χ2n) is 6.07. The summed E-state index contributed by atoms with van der Waals surface area (Å²) in [5.41, 5.74) is 1.89. The van der Waals surface area contributed by atoms with E-state index in [0.717, 1.165) is 15.4 Å². The monoisotopic (exact) mass is 356 g/mol. The molecule has 0 spiro atoms. The van der Waals surface area contributed by atoms with Crippen LogP contribution in [0.1, 0.15) is 23.6 Å². The normalized spacial score (nSPS) is 20.8. The van der Waals surface area contributed by atoms with E-state index < -0.39 is 22.1 Å². The Morgan fingerprint density at radius 1 is 1.12 bits per heavy atom. The van der Waals surface area contributed by atoms with Gasteiger partial charge < -0.3 is 5.32 Å². The first-order valence-corrected chi connectivity index (χ1v) is 9.46. The van der Waals surface area contributed by atoms with Crippen LogP contribution in [0.3, 0.4) is 0 Å². The van der Waals surface area contributed by atoms with E-state index in [1.54, 1.807) is 12.1 Å². The number of hydrogen-bond acceptors (Lipinski definition) is 3. The fourth-order valence-electron chi connectivity index (χ4n) is 2.97. The minimum atomic E-state index is -3.94. The molecule has 2 aromatic rings. The summed E-state index contributed by atoms with van der Waals surface area (Å²) < 4.78 is 26.8. The first-order chi connectivity index (χ1) is 11.9. The number of carbonyl (C=O) groups is 1. The number of nitrogens with zero attached hydrogens (tertiary/aromatic N) is 1. The summed E-state index contributed by atoms with van der Waals surface area (Å²) in [7, 11) is -3.94. The van der Waals surface area contributed by atoms with Crippen LogP contribution in [0.2, 0.25) is 0 Å². The molecule has 2 amide bonds. The van der Waals surface area contributed by atoms with Gasteiger partial charge in [-0.05, 0) is 31.0 Å². The van der Waals surface area contributed by atoms with Crippen molar-refractivity contribution in [2.75, 3.05) is 0 Å². The van der Waals surface area contributed by atoms with E-state index in [0.29, 0.717) is 6.42 Å². The summed E-state index contributed by atoms with van der Waals surface area (Å²) in [5.74, 6) is 0. The molecule has 3 rings (SSSR count). The highest BCUT2D eigenvalue weighted by molar-refractivity contribution is 7.89. The lowest BCUT2D eigenvalue weighted by atomic mass is 9.97. The molecule has 2 atom stereocenters. The Bertz CT molecular complexity index is 877. The van der Waals surface area contributed by atoms with Crippen LogP contribution in [0.15, 0.2) is 72.1 Å². The van der Waals surface area contributed by atoms with Gasteiger partial charge in [0, 0.05) is 0 Å². The lowest BCUT2D eigenvalue weighted by molar-refractivity contribution is 0.193. The predicted octanol–water partition coefficient (Wildman–Crippen LogP) is 3.39. The summed E-state index contributed by atoms with van der Waals surface area (Å²) in [6.07, 6.45) is 1.95. The minimum Gasteiger partial charge on any atom is -0.330 e. The molecule has 0 aromatic heterocycles. The summed E-state index contributed by atoms with van der Waals surface area (Å²) >= 11 is 0. The van der Waals surface area contributed by atoms with Gasteiger partial charge in [0.05, 0.1) is 17.0 Å². The van der Waals surface area contributed by atoms with Crippen molar-refractivity contribution in [1.82, 2.24) is 9.62 Å². The SMILES string of the molecule is C=C[C@H]1C[C@@H](c2ccccc2)NC(=O)N1S(=O)(=O)c1ccc(C)cc1. The van der Waals surface area contributed by atoms with E-state index >= 15 is 0 Å². The maximum absolute atomic E-state index is 12.9. The van der Waals surface area contributed by atoms with E-state index in [1.807, 2.05) is 37.3 Å². The van der Waals surface area contributed by atoms with Crippen molar-refractivity contribution >= 4 is 16.1 Å². The van der Waals surface area contributed by atoms with Crippen LogP contribution in [-0.2, 0) is 10.0 Å². The standard InChI is InChI=1S/C19H20N2O3S/c1-3-16-13-18(15-7-5-4-6-8-15)20-19(22)21(16)25(23,24)17-11-9-14(2)10-12-17/h3-12,16,18H,1,13H2,2H3,(H,20,22)/t16-,18-/m0/s1. The van der Waals surface area contributed by atoms with Gasteiger partial charge in [-0.15, -0.1) is 6.58 Å². The van der Waals surface area contributed by atoms with Crippen LogP contribution < -0.4 is 5.32 Å². The molecular formula is C19H20N2O3S. The molecule has 0 bridgehead atoms. The molecule has 1 aliphatic rings. The second kappa shape index (κ2) is 6.72. The number of urea groups is 1. The number of sulfonamides is 1. The fourth-order valence-corrected chi connectivity index (χ4v) is 4.47. The third-order valence-corrected chi connectivity index (χ3v) is 6.15. The molecule has 0 saturated carbocycles. The summed E-state index contributed by atoms with van der Waals surface area (Å²) in [6.45, 7) is 5.61. The molecule has 25 heavy (non-hydrogen) atoms. The van der Waals surface area contributed by atoms with Gasteiger partial charge in [-0.25, -0.2) is 17.5 Å². The van der Waals surface area contributed by atoms with Gasteiger partial charge in [-0.2, -0.15) is 0 Å². The van der Waals surface area contributed by atoms with Crippen molar-refractivity contribution < 1.29 is 13.2 Å². The Kier molecular flexibility index (Phi) is 4.63. The molecule has 130 valence electrons. The van der Waals surface area contributed by atoms with E-state index in [1.165, 1.54) is 18.2 Å². The zero-order valence-electron chi connectivity index (χ0n) is 13.9. The second-order valence-corrected chi connectivity index (χ2v) is 7.88. The molecule has 2 aromatic carbocycles. The van der Waals surface area contributed by atoms with Crippen molar-refractivity contribution in [2.24, 2.45) is 0 Å². The predicted molar refractivity (Wildman–Crippen MR) is 96.5 cm³/mol. The van der Waals surface area contributed by atoms with Crippen molar-refractivity contribution in [3.05, 3.63) is 78.4 Å². The van der Waals surface area contributed by atoms with E-state index in [4.69, 9.17) is 0 Å². The average molecular weight is 356 g/mol. The average Bonchev–Trinajstić information content (AvgIpc) is 2.61. The largest absolute Gasteiger partial charge is 0.332 e. The molecule has 5 nitrogen and oxygen atoms in total. The number of carbonyl (C=O) groups excluding carboxylic acids is 1. The Labute approximate surface area is 148 Å². The maximum atomic E-state index is 12.9. The first kappa shape index (κ1) is 17.2. The van der Waals surface area contributed by atoms with Gasteiger partial charge in [0.25, 0.3) is 10.0 Å². The van der Waals surface area contributed by atoms with Crippen LogP contribution in [0.4, 0.5) is 4.79 Å². The third-order valence-electron chi connectivity index (χ3n) is 4.33. The Morgan fingerprint density at radius 3 is 2.36 bits per heavy atom. The van der Waals surface area contributed by atoms with Crippen molar-refractivity contribution in [2.45, 2.75) is 30.3 Å². The highest BCUT2D eigenvalue weighted by Crippen LogP contribution is 2.30. The molecule has 1 heterocycles. The number of hydrogen-bond donors (Lipinski definition) is 1. The fraction of sp³-hybridized carbons (Fsp3) is 0.211. The van der Waals surface area contributed by atoms with E-state index in [9.17, 15) is 13.2 Å². The van der Waals surface area contributed by atoms with Crippen LogP contribution in [0, 0.1) is 6.92 Å². The minimum absolute atomic E-state index is 0.0956. The Morgan fingerprint density at radius 2 is 1.76 bits per heavy atom. The number of amides is 2. The van der Waals surface area contributed by atoms with Gasteiger partial charge in [0.1, 0.15) is 0 Å². The zero-order valence-corrected chi connectivity index (χ0v) is 14.7. The molecule has 6 heteroatoms. The van der Waals surface area contributed by atoms with E-state index in [-0.39, 0.29) is 10.9 Å². The molecular weight excluding hydrogens is 336 g/mol. The Hall–Kier alpha value is -2.60. The number of benzene rings is 2. The van der Waals surface area contributed by atoms with Crippen molar-refractivity contribution in [1.29, 1.82) is 0 Å². The zero-order chi connectivity index (χ0) is 18.0.